The summed E-state index contributed by atoms with van der Waals surface area (Å²) < 4.78 is 12.7. The maximum absolute atomic E-state index is 5.48. The molecule has 1 aliphatic heterocycles. The van der Waals surface area contributed by atoms with Crippen LogP contribution in [0.25, 0.3) is 5.69 Å². The largest absolute Gasteiger partial charge is 0.497 e. The first-order valence-corrected chi connectivity index (χ1v) is 8.84. The van der Waals surface area contributed by atoms with Gasteiger partial charge in [0, 0.05) is 6.20 Å². The summed E-state index contributed by atoms with van der Waals surface area (Å²) in [5.74, 6) is 1.82. The number of methoxy groups -OCH3 is 2. The molecule has 8 nitrogen and oxygen atoms in total. The van der Waals surface area contributed by atoms with Gasteiger partial charge in [-0.25, -0.2) is 9.97 Å². The summed E-state index contributed by atoms with van der Waals surface area (Å²) in [5.41, 5.74) is 3.39. The summed E-state index contributed by atoms with van der Waals surface area (Å²) in [6, 6.07) is 11.6. The molecule has 1 unspecified atom stereocenters. The zero-order valence-electron chi connectivity index (χ0n) is 15.9. The van der Waals surface area contributed by atoms with E-state index in [1.165, 1.54) is 0 Å². The van der Waals surface area contributed by atoms with Gasteiger partial charge in [-0.1, -0.05) is 17.3 Å². The zero-order valence-corrected chi connectivity index (χ0v) is 15.9. The summed E-state index contributed by atoms with van der Waals surface area (Å²) in [6.45, 7) is 2.35. The van der Waals surface area contributed by atoms with E-state index in [4.69, 9.17) is 14.3 Å². The third kappa shape index (κ3) is 3.48. The second-order valence-corrected chi connectivity index (χ2v) is 6.36. The van der Waals surface area contributed by atoms with Crippen molar-refractivity contribution in [1.29, 1.82) is 0 Å². The Hall–Kier alpha value is -3.55. The topological polar surface area (TPSA) is 82.8 Å². The maximum Gasteiger partial charge on any atom is 0.238 e. The number of ether oxygens (including phenoxy) is 2. The fourth-order valence-electron chi connectivity index (χ4n) is 3.03. The molecular formula is C20H21N5O3. The van der Waals surface area contributed by atoms with Gasteiger partial charge >= 0.3 is 0 Å². The van der Waals surface area contributed by atoms with E-state index in [0.717, 1.165) is 22.7 Å². The molecule has 2 aromatic heterocycles. The number of hydrogen-bond donors (Lipinski definition) is 1. The molecule has 1 atom stereocenters. The number of pyridine rings is 1. The van der Waals surface area contributed by atoms with Crippen molar-refractivity contribution >= 4 is 5.84 Å². The number of rotatable bonds is 5. The predicted molar refractivity (Wildman–Crippen MR) is 104 cm³/mol. The van der Waals surface area contributed by atoms with Crippen molar-refractivity contribution in [2.24, 2.45) is 5.16 Å². The minimum Gasteiger partial charge on any atom is -0.497 e. The zero-order chi connectivity index (χ0) is 19.5. The van der Waals surface area contributed by atoms with Crippen molar-refractivity contribution in [2.45, 2.75) is 13.0 Å². The lowest BCUT2D eigenvalue weighted by molar-refractivity contribution is 0.109. The second-order valence-electron chi connectivity index (χ2n) is 6.36. The van der Waals surface area contributed by atoms with Crippen LogP contribution in [0.3, 0.4) is 0 Å². The number of hydrogen-bond acceptors (Lipinski definition) is 7. The molecule has 28 heavy (non-hydrogen) atoms. The van der Waals surface area contributed by atoms with Crippen molar-refractivity contribution in [3.05, 3.63) is 65.9 Å². The monoisotopic (exact) mass is 379 g/mol. The number of benzene rings is 1. The molecule has 0 saturated heterocycles. The fraction of sp³-hybridized carbons (Fsp3) is 0.250. The maximum atomic E-state index is 5.48. The van der Waals surface area contributed by atoms with Crippen molar-refractivity contribution in [3.63, 3.8) is 0 Å². The average molecular weight is 379 g/mol. The summed E-state index contributed by atoms with van der Waals surface area (Å²) in [6.07, 6.45) is 3.64. The molecule has 8 heteroatoms. The van der Waals surface area contributed by atoms with Gasteiger partial charge in [0.05, 0.1) is 32.3 Å². The Bertz CT molecular complexity index is 1010. The first-order chi connectivity index (χ1) is 13.7. The van der Waals surface area contributed by atoms with Gasteiger partial charge in [-0.05, 0) is 36.8 Å². The van der Waals surface area contributed by atoms with Crippen LogP contribution in [-0.2, 0) is 4.84 Å². The molecule has 3 aromatic rings. The normalized spacial score (nSPS) is 16.0. The van der Waals surface area contributed by atoms with Gasteiger partial charge in [-0.15, -0.1) is 0 Å². The molecule has 1 aliphatic rings. The SMILES string of the molecule is COc1cccc(C2CON=C(c3ccc(-n4cnc(C)c4)c(OC)n3)N2)c1. The molecule has 0 amide bonds. The van der Waals surface area contributed by atoms with Crippen molar-refractivity contribution < 1.29 is 14.3 Å². The van der Waals surface area contributed by atoms with Crippen LogP contribution in [0.2, 0.25) is 0 Å². The number of oxime groups is 1. The van der Waals surface area contributed by atoms with Crippen LogP contribution in [0, 0.1) is 6.92 Å². The third-order valence-electron chi connectivity index (χ3n) is 4.47. The number of aromatic nitrogens is 3. The van der Waals surface area contributed by atoms with E-state index in [9.17, 15) is 0 Å². The molecule has 0 fully saturated rings. The Kier molecular flexibility index (Phi) is 4.84. The summed E-state index contributed by atoms with van der Waals surface area (Å²) in [5, 5.41) is 7.52. The number of aryl methyl sites for hydroxylation is 1. The van der Waals surface area contributed by atoms with Crippen LogP contribution >= 0.6 is 0 Å². The highest BCUT2D eigenvalue weighted by atomic mass is 16.6. The Morgan fingerprint density at radius 2 is 2.07 bits per heavy atom. The Morgan fingerprint density at radius 1 is 1.18 bits per heavy atom. The lowest BCUT2D eigenvalue weighted by Crippen LogP contribution is -2.36. The van der Waals surface area contributed by atoms with Crippen LogP contribution < -0.4 is 14.8 Å². The molecule has 144 valence electrons. The van der Waals surface area contributed by atoms with Crippen molar-refractivity contribution in [2.75, 3.05) is 20.8 Å². The van der Waals surface area contributed by atoms with Gasteiger partial charge < -0.3 is 24.2 Å². The summed E-state index contributed by atoms with van der Waals surface area (Å²) >= 11 is 0. The number of nitrogens with one attached hydrogen (secondary N) is 1. The van der Waals surface area contributed by atoms with Crippen LogP contribution in [0.4, 0.5) is 0 Å². The quantitative estimate of drug-likeness (QED) is 0.734. The first kappa shape index (κ1) is 17.8. The first-order valence-electron chi connectivity index (χ1n) is 8.84. The Morgan fingerprint density at radius 3 is 2.82 bits per heavy atom. The highest BCUT2D eigenvalue weighted by Crippen LogP contribution is 2.24. The molecule has 3 heterocycles. The van der Waals surface area contributed by atoms with Crippen LogP contribution in [0.15, 0.2) is 54.1 Å². The van der Waals surface area contributed by atoms with E-state index in [1.54, 1.807) is 20.5 Å². The molecule has 1 aromatic carbocycles. The highest BCUT2D eigenvalue weighted by molar-refractivity contribution is 5.97. The fourth-order valence-corrected chi connectivity index (χ4v) is 3.03. The van der Waals surface area contributed by atoms with Gasteiger partial charge in [0.1, 0.15) is 23.7 Å². The van der Waals surface area contributed by atoms with Gasteiger partial charge in [-0.2, -0.15) is 0 Å². The van der Waals surface area contributed by atoms with Crippen LogP contribution in [0.5, 0.6) is 11.6 Å². The molecule has 0 spiro atoms. The number of amidine groups is 1. The predicted octanol–water partition coefficient (Wildman–Crippen LogP) is 2.62. The molecule has 0 saturated carbocycles. The van der Waals surface area contributed by atoms with Gasteiger partial charge in [0.15, 0.2) is 5.84 Å². The smallest absolute Gasteiger partial charge is 0.238 e. The molecule has 4 rings (SSSR count). The molecule has 0 aliphatic carbocycles. The van der Waals surface area contributed by atoms with Gasteiger partial charge in [-0.3, -0.25) is 0 Å². The summed E-state index contributed by atoms with van der Waals surface area (Å²) in [7, 11) is 3.24. The average Bonchev–Trinajstić information content (AvgIpc) is 3.19. The van der Waals surface area contributed by atoms with E-state index < -0.39 is 0 Å². The standard InChI is InChI=1S/C20H21N5O3/c1-13-10-25(12-21-13)18-8-7-16(23-20(18)27-3)19-22-17(11-28-24-19)14-5-4-6-15(9-14)26-2/h4-10,12,17H,11H2,1-3H3,(H,22,24). The van der Waals surface area contributed by atoms with E-state index in [2.05, 4.69) is 20.4 Å². The highest BCUT2D eigenvalue weighted by Gasteiger charge is 2.22. The lowest BCUT2D eigenvalue weighted by Gasteiger charge is -2.24. The summed E-state index contributed by atoms with van der Waals surface area (Å²) in [4.78, 5) is 14.3. The Balaban J connectivity index is 1.60. The van der Waals surface area contributed by atoms with E-state index >= 15 is 0 Å². The molecule has 0 bridgehead atoms. The molecule has 0 radical (unpaired) electrons. The van der Waals surface area contributed by atoms with E-state index in [-0.39, 0.29) is 6.04 Å². The van der Waals surface area contributed by atoms with E-state index in [0.29, 0.717) is 24.0 Å². The van der Waals surface area contributed by atoms with Gasteiger partial charge in [0.2, 0.25) is 5.88 Å². The van der Waals surface area contributed by atoms with Gasteiger partial charge in [0.25, 0.3) is 0 Å². The Labute approximate surface area is 162 Å². The number of imidazole rings is 1. The molecular weight excluding hydrogens is 358 g/mol. The van der Waals surface area contributed by atoms with Crippen molar-refractivity contribution in [3.8, 4) is 17.3 Å². The van der Waals surface area contributed by atoms with E-state index in [1.807, 2.05) is 54.1 Å². The minimum atomic E-state index is -0.0635. The second kappa shape index (κ2) is 7.59. The minimum absolute atomic E-state index is 0.0635. The lowest BCUT2D eigenvalue weighted by atomic mass is 10.1. The van der Waals surface area contributed by atoms with Crippen LogP contribution in [0.1, 0.15) is 23.0 Å². The third-order valence-corrected chi connectivity index (χ3v) is 4.47. The van der Waals surface area contributed by atoms with Crippen LogP contribution in [-0.4, -0.2) is 41.2 Å². The van der Waals surface area contributed by atoms with Crippen molar-refractivity contribution in [1.82, 2.24) is 19.9 Å². The number of nitrogens with zero attached hydrogens (tertiary/aromatic N) is 4. The molecule has 1 N–H and O–H groups in total.